The van der Waals surface area contributed by atoms with Crippen LogP contribution in [0.4, 0.5) is 10.5 Å². The lowest BCUT2D eigenvalue weighted by Crippen LogP contribution is -2.27. The van der Waals surface area contributed by atoms with E-state index in [1.165, 1.54) is 11.0 Å². The number of nitro groups is 1. The van der Waals surface area contributed by atoms with E-state index < -0.39 is 0 Å². The Hall–Kier alpha value is -3.44. The number of amides is 2. The standard InChI is InChI=1S/C26H18IN3O4S/c27-20-11-9-17(10-12-20)14-29-25(31)24(35-26(29)32)13-19-16-28(23-8-4-2-6-21(19)23)15-18-5-1-3-7-22(18)30(33)34/h1-13,16H,14-15H2/b24-13-. The molecule has 0 saturated carbocycles. The summed E-state index contributed by atoms with van der Waals surface area (Å²) in [6, 6.07) is 22.0. The van der Waals surface area contributed by atoms with Crippen LogP contribution in [0, 0.1) is 13.7 Å². The largest absolute Gasteiger partial charge is 0.342 e. The van der Waals surface area contributed by atoms with E-state index in [0.29, 0.717) is 17.0 Å². The summed E-state index contributed by atoms with van der Waals surface area (Å²) < 4.78 is 3.01. The molecule has 5 rings (SSSR count). The molecule has 7 nitrogen and oxygen atoms in total. The molecule has 2 amide bonds. The van der Waals surface area contributed by atoms with Gasteiger partial charge in [0.2, 0.25) is 0 Å². The minimum Gasteiger partial charge on any atom is -0.342 e. The average molecular weight is 595 g/mol. The summed E-state index contributed by atoms with van der Waals surface area (Å²) in [6.45, 7) is 0.526. The van der Waals surface area contributed by atoms with Crippen LogP contribution in [0.25, 0.3) is 17.0 Å². The molecule has 174 valence electrons. The molecule has 0 atom stereocenters. The average Bonchev–Trinajstić information content (AvgIpc) is 3.32. The SMILES string of the molecule is O=C1S/C(=C\c2cn(Cc3ccccc3[N+](=O)[O-])c3ccccc23)C(=O)N1Cc1ccc(I)cc1. The Labute approximate surface area is 218 Å². The van der Waals surface area contributed by atoms with Crippen molar-refractivity contribution in [2.45, 2.75) is 13.1 Å². The molecule has 0 radical (unpaired) electrons. The van der Waals surface area contributed by atoms with Crippen molar-refractivity contribution in [1.82, 2.24) is 9.47 Å². The Morgan fingerprint density at radius 2 is 1.66 bits per heavy atom. The van der Waals surface area contributed by atoms with Crippen molar-refractivity contribution in [1.29, 1.82) is 0 Å². The Kier molecular flexibility index (Phi) is 6.44. The van der Waals surface area contributed by atoms with Crippen molar-refractivity contribution in [3.8, 4) is 0 Å². The van der Waals surface area contributed by atoms with E-state index in [9.17, 15) is 19.7 Å². The highest BCUT2D eigenvalue weighted by atomic mass is 127. The smallest absolute Gasteiger partial charge is 0.293 e. The van der Waals surface area contributed by atoms with Crippen molar-refractivity contribution in [3.63, 3.8) is 0 Å². The molecule has 0 bridgehead atoms. The zero-order chi connectivity index (χ0) is 24.5. The molecule has 1 saturated heterocycles. The predicted octanol–water partition coefficient (Wildman–Crippen LogP) is 6.44. The number of rotatable bonds is 6. The van der Waals surface area contributed by atoms with Crippen LogP contribution in [0.2, 0.25) is 0 Å². The molecule has 1 fully saturated rings. The number of benzene rings is 3. The summed E-state index contributed by atoms with van der Waals surface area (Å²) >= 11 is 3.13. The lowest BCUT2D eigenvalue weighted by molar-refractivity contribution is -0.385. The first kappa shape index (κ1) is 23.3. The van der Waals surface area contributed by atoms with E-state index in [1.807, 2.05) is 59.3 Å². The first-order chi connectivity index (χ1) is 16.9. The lowest BCUT2D eigenvalue weighted by Gasteiger charge is -2.12. The van der Waals surface area contributed by atoms with E-state index in [-0.39, 0.29) is 28.3 Å². The van der Waals surface area contributed by atoms with Gasteiger partial charge >= 0.3 is 0 Å². The molecule has 0 unspecified atom stereocenters. The highest BCUT2D eigenvalue weighted by Crippen LogP contribution is 2.35. The van der Waals surface area contributed by atoms with Gasteiger partial charge in [0.1, 0.15) is 0 Å². The number of halogens is 1. The van der Waals surface area contributed by atoms with Gasteiger partial charge in [-0.2, -0.15) is 0 Å². The topological polar surface area (TPSA) is 85.5 Å². The molecule has 1 aliphatic heterocycles. The van der Waals surface area contributed by atoms with Gasteiger partial charge in [0.15, 0.2) is 0 Å². The van der Waals surface area contributed by atoms with E-state index in [0.717, 1.165) is 37.4 Å². The second kappa shape index (κ2) is 9.67. The minimum absolute atomic E-state index is 0.0588. The van der Waals surface area contributed by atoms with Gasteiger partial charge in [-0.1, -0.05) is 48.5 Å². The monoisotopic (exact) mass is 595 g/mol. The number of nitrogens with zero attached hydrogens (tertiary/aromatic N) is 3. The Morgan fingerprint density at radius 3 is 2.43 bits per heavy atom. The summed E-state index contributed by atoms with van der Waals surface area (Å²) in [4.78, 5) is 38.4. The fourth-order valence-corrected chi connectivity index (χ4v) is 5.27. The second-order valence-corrected chi connectivity index (χ2v) is 10.2. The van der Waals surface area contributed by atoms with Crippen LogP contribution in [0.1, 0.15) is 16.7 Å². The molecule has 3 aromatic carbocycles. The number of aromatic nitrogens is 1. The molecule has 4 aromatic rings. The third kappa shape index (κ3) is 4.73. The van der Waals surface area contributed by atoms with Crippen molar-refractivity contribution >= 4 is 68.2 Å². The number of hydrogen-bond acceptors (Lipinski definition) is 5. The van der Waals surface area contributed by atoms with Crippen molar-refractivity contribution in [3.05, 3.63) is 114 Å². The van der Waals surface area contributed by atoms with Crippen molar-refractivity contribution in [2.24, 2.45) is 0 Å². The third-order valence-corrected chi connectivity index (χ3v) is 7.39. The third-order valence-electron chi connectivity index (χ3n) is 5.76. The van der Waals surface area contributed by atoms with Crippen LogP contribution in [-0.2, 0) is 17.9 Å². The highest BCUT2D eigenvalue weighted by molar-refractivity contribution is 14.1. The molecule has 35 heavy (non-hydrogen) atoms. The molecular formula is C26H18IN3O4S. The summed E-state index contributed by atoms with van der Waals surface area (Å²) in [5.41, 5.74) is 3.19. The fourth-order valence-electron chi connectivity index (χ4n) is 4.08. The molecule has 2 heterocycles. The van der Waals surface area contributed by atoms with E-state index in [4.69, 9.17) is 0 Å². The Bertz CT molecular complexity index is 1510. The maximum Gasteiger partial charge on any atom is 0.293 e. The molecule has 9 heteroatoms. The van der Waals surface area contributed by atoms with E-state index in [2.05, 4.69) is 22.6 Å². The van der Waals surface area contributed by atoms with Crippen LogP contribution in [0.3, 0.4) is 0 Å². The van der Waals surface area contributed by atoms with Gasteiger partial charge in [0, 0.05) is 37.9 Å². The molecule has 0 N–H and O–H groups in total. The quantitative estimate of drug-likeness (QED) is 0.111. The number of fused-ring (bicyclic) bond motifs is 1. The van der Waals surface area contributed by atoms with Crippen LogP contribution >= 0.6 is 34.4 Å². The van der Waals surface area contributed by atoms with Crippen molar-refractivity contribution in [2.75, 3.05) is 0 Å². The zero-order valence-corrected chi connectivity index (χ0v) is 21.2. The van der Waals surface area contributed by atoms with Gasteiger partial charge in [-0.15, -0.1) is 0 Å². The summed E-state index contributed by atoms with van der Waals surface area (Å²) in [5.74, 6) is -0.325. The fraction of sp³-hybridized carbons (Fsp3) is 0.0769. The number of hydrogen-bond donors (Lipinski definition) is 0. The van der Waals surface area contributed by atoms with E-state index in [1.54, 1.807) is 24.3 Å². The molecule has 0 spiro atoms. The maximum atomic E-state index is 13.1. The van der Waals surface area contributed by atoms with Crippen LogP contribution in [-0.4, -0.2) is 25.5 Å². The first-order valence-electron chi connectivity index (χ1n) is 10.7. The lowest BCUT2D eigenvalue weighted by atomic mass is 10.1. The number of nitro benzene ring substituents is 1. The minimum atomic E-state index is -0.383. The number of imide groups is 1. The van der Waals surface area contributed by atoms with Gasteiger partial charge < -0.3 is 4.57 Å². The summed E-state index contributed by atoms with van der Waals surface area (Å²) in [7, 11) is 0. The Balaban J connectivity index is 1.47. The normalized spacial score (nSPS) is 14.9. The highest BCUT2D eigenvalue weighted by Gasteiger charge is 2.35. The number of para-hydroxylation sites is 2. The first-order valence-corrected chi connectivity index (χ1v) is 12.6. The Morgan fingerprint density at radius 1 is 0.943 bits per heavy atom. The molecule has 1 aliphatic rings. The zero-order valence-electron chi connectivity index (χ0n) is 18.3. The van der Waals surface area contributed by atoms with Gasteiger partial charge in [-0.05, 0) is 64.2 Å². The van der Waals surface area contributed by atoms with E-state index >= 15 is 0 Å². The number of thioether (sulfide) groups is 1. The van der Waals surface area contributed by atoms with Crippen LogP contribution < -0.4 is 0 Å². The predicted molar refractivity (Wildman–Crippen MR) is 145 cm³/mol. The van der Waals surface area contributed by atoms with Gasteiger partial charge in [-0.3, -0.25) is 24.6 Å². The van der Waals surface area contributed by atoms with Crippen molar-refractivity contribution < 1.29 is 14.5 Å². The number of carbonyl (C=O) groups is 2. The van der Waals surface area contributed by atoms with Crippen LogP contribution in [0.15, 0.2) is 83.9 Å². The molecule has 0 aliphatic carbocycles. The number of carbonyl (C=O) groups excluding carboxylic acids is 2. The molecular weight excluding hydrogens is 577 g/mol. The van der Waals surface area contributed by atoms with Gasteiger partial charge in [-0.25, -0.2) is 0 Å². The molecule has 1 aromatic heterocycles. The summed E-state index contributed by atoms with van der Waals surface area (Å²) in [6.07, 6.45) is 3.60. The summed E-state index contributed by atoms with van der Waals surface area (Å²) in [5, 5.41) is 12.1. The van der Waals surface area contributed by atoms with Gasteiger partial charge in [0.05, 0.1) is 22.9 Å². The second-order valence-electron chi connectivity index (χ2n) is 8.01. The van der Waals surface area contributed by atoms with Crippen LogP contribution in [0.5, 0.6) is 0 Å². The maximum absolute atomic E-state index is 13.1. The van der Waals surface area contributed by atoms with Gasteiger partial charge in [0.25, 0.3) is 16.8 Å².